The molecular weight excluding hydrogens is 224 g/mol. The summed E-state index contributed by atoms with van der Waals surface area (Å²) in [4.78, 5) is 8.38. The van der Waals surface area contributed by atoms with Crippen LogP contribution in [0.5, 0.6) is 0 Å². The highest BCUT2D eigenvalue weighted by molar-refractivity contribution is 7.79. The Hall–Kier alpha value is -0.220. The van der Waals surface area contributed by atoms with E-state index in [0.29, 0.717) is 0 Å². The smallest absolute Gasteiger partial charge is 0.185 e. The maximum atomic E-state index is 4.64. The van der Waals surface area contributed by atoms with E-state index in [1.165, 1.54) is 35.9 Å². The van der Waals surface area contributed by atoms with Crippen LogP contribution >= 0.6 is 24.0 Å². The molecule has 0 amide bonds. The van der Waals surface area contributed by atoms with E-state index in [4.69, 9.17) is 0 Å². The van der Waals surface area contributed by atoms with Gasteiger partial charge in [-0.1, -0.05) is 6.92 Å². The van der Waals surface area contributed by atoms with Crippen molar-refractivity contribution in [2.45, 2.75) is 32.4 Å². The van der Waals surface area contributed by atoms with Crippen molar-refractivity contribution in [1.82, 2.24) is 4.98 Å². The number of aryl methyl sites for hydroxylation is 1. The maximum Gasteiger partial charge on any atom is 0.185 e. The zero-order valence-corrected chi connectivity index (χ0v) is 11.1. The number of aromatic nitrogens is 1. The molecule has 2 rings (SSSR count). The fourth-order valence-electron chi connectivity index (χ4n) is 2.06. The summed E-state index contributed by atoms with van der Waals surface area (Å²) in [6.07, 6.45) is 2.66. The Labute approximate surface area is 101 Å². The lowest BCUT2D eigenvalue weighted by Crippen LogP contribution is -2.34. The number of thiazole rings is 1. The number of rotatable bonds is 2. The highest BCUT2D eigenvalue weighted by Crippen LogP contribution is 2.30. The van der Waals surface area contributed by atoms with Crippen LogP contribution in [0.25, 0.3) is 0 Å². The molecule has 2 heterocycles. The lowest BCUT2D eigenvalue weighted by atomic mass is 10.0. The molecule has 1 aliphatic rings. The van der Waals surface area contributed by atoms with Crippen LogP contribution in [0.3, 0.4) is 0 Å². The molecule has 0 N–H and O–H groups in total. The van der Waals surface area contributed by atoms with Crippen LogP contribution < -0.4 is 4.90 Å². The Balaban J connectivity index is 2.14. The Morgan fingerprint density at radius 2 is 2.40 bits per heavy atom. The van der Waals surface area contributed by atoms with E-state index >= 15 is 0 Å². The molecule has 0 bridgehead atoms. The first kappa shape index (κ1) is 11.3. The van der Waals surface area contributed by atoms with Crippen LogP contribution in [0.15, 0.2) is 0 Å². The van der Waals surface area contributed by atoms with Crippen molar-refractivity contribution in [3.8, 4) is 0 Å². The van der Waals surface area contributed by atoms with E-state index in [9.17, 15) is 0 Å². The number of hydrogen-bond donors (Lipinski definition) is 1. The van der Waals surface area contributed by atoms with E-state index in [0.717, 1.165) is 17.4 Å². The minimum absolute atomic E-state index is 0.808. The van der Waals surface area contributed by atoms with Gasteiger partial charge in [0.2, 0.25) is 0 Å². The van der Waals surface area contributed by atoms with E-state index in [1.807, 2.05) is 0 Å². The van der Waals surface area contributed by atoms with Crippen molar-refractivity contribution in [2.75, 3.05) is 18.0 Å². The molecule has 0 spiro atoms. The van der Waals surface area contributed by atoms with Crippen LogP contribution in [-0.2, 0) is 5.75 Å². The molecule has 1 atom stereocenters. The van der Waals surface area contributed by atoms with Crippen molar-refractivity contribution in [3.05, 3.63) is 10.6 Å². The molecule has 2 nitrogen and oxygen atoms in total. The third-order valence-electron chi connectivity index (χ3n) is 2.95. The topological polar surface area (TPSA) is 16.1 Å². The predicted octanol–water partition coefficient (Wildman–Crippen LogP) is 3.12. The van der Waals surface area contributed by atoms with Gasteiger partial charge in [-0.05, 0) is 25.7 Å². The molecule has 1 saturated heterocycles. The van der Waals surface area contributed by atoms with Crippen LogP contribution in [0.2, 0.25) is 0 Å². The first-order valence-electron chi connectivity index (χ1n) is 5.53. The monoisotopic (exact) mass is 242 g/mol. The molecule has 0 saturated carbocycles. The highest BCUT2D eigenvalue weighted by Gasteiger charge is 2.19. The number of anilines is 1. The van der Waals surface area contributed by atoms with Crippen molar-refractivity contribution < 1.29 is 0 Å². The van der Waals surface area contributed by atoms with Gasteiger partial charge in [-0.3, -0.25) is 0 Å². The molecule has 4 heteroatoms. The van der Waals surface area contributed by atoms with Crippen molar-refractivity contribution in [3.63, 3.8) is 0 Å². The summed E-state index contributed by atoms with van der Waals surface area (Å²) in [7, 11) is 0. The van der Waals surface area contributed by atoms with Crippen molar-refractivity contribution >= 4 is 29.1 Å². The minimum atomic E-state index is 0.808. The second kappa shape index (κ2) is 4.74. The van der Waals surface area contributed by atoms with E-state index in [2.05, 4.69) is 36.4 Å². The number of hydrogen-bond acceptors (Lipinski definition) is 4. The van der Waals surface area contributed by atoms with E-state index in [-0.39, 0.29) is 0 Å². The lowest BCUT2D eigenvalue weighted by Gasteiger charge is -2.30. The molecule has 0 aliphatic carbocycles. The summed E-state index contributed by atoms with van der Waals surface area (Å²) < 4.78 is 0. The van der Waals surface area contributed by atoms with Crippen LogP contribution in [0.1, 0.15) is 30.3 Å². The molecule has 0 aromatic carbocycles. The summed E-state index contributed by atoms with van der Waals surface area (Å²) in [5.41, 5.74) is 1.16. The molecule has 84 valence electrons. The van der Waals surface area contributed by atoms with Crippen LogP contribution in [0.4, 0.5) is 5.13 Å². The molecule has 15 heavy (non-hydrogen) atoms. The van der Waals surface area contributed by atoms with Gasteiger partial charge in [0, 0.05) is 23.7 Å². The third kappa shape index (κ3) is 2.48. The summed E-state index contributed by atoms with van der Waals surface area (Å²) >= 11 is 6.13. The number of piperidine rings is 1. The Morgan fingerprint density at radius 1 is 1.60 bits per heavy atom. The van der Waals surface area contributed by atoms with Gasteiger partial charge in [0.05, 0.1) is 5.69 Å². The lowest BCUT2D eigenvalue weighted by molar-refractivity contribution is 0.446. The molecule has 1 fully saturated rings. The van der Waals surface area contributed by atoms with Crippen molar-refractivity contribution in [1.29, 1.82) is 0 Å². The number of nitrogens with zero attached hydrogens (tertiary/aromatic N) is 2. The summed E-state index contributed by atoms with van der Waals surface area (Å²) in [6.45, 7) is 6.74. The zero-order chi connectivity index (χ0) is 10.8. The average Bonchev–Trinajstić information content (AvgIpc) is 2.60. The second-order valence-corrected chi connectivity index (χ2v) is 5.73. The van der Waals surface area contributed by atoms with Gasteiger partial charge in [0.15, 0.2) is 5.13 Å². The molecule has 0 radical (unpaired) electrons. The largest absolute Gasteiger partial charge is 0.348 e. The molecule has 1 aliphatic heterocycles. The van der Waals surface area contributed by atoms with Gasteiger partial charge in [-0.15, -0.1) is 11.3 Å². The third-order valence-corrected chi connectivity index (χ3v) is 4.70. The first-order chi connectivity index (χ1) is 7.20. The fraction of sp³-hybridized carbons (Fsp3) is 0.727. The van der Waals surface area contributed by atoms with E-state index in [1.54, 1.807) is 11.3 Å². The summed E-state index contributed by atoms with van der Waals surface area (Å²) in [6, 6.07) is 0. The first-order valence-corrected chi connectivity index (χ1v) is 6.97. The Morgan fingerprint density at radius 3 is 3.00 bits per heavy atom. The highest BCUT2D eigenvalue weighted by atomic mass is 32.1. The summed E-state index contributed by atoms with van der Waals surface area (Å²) in [5, 5.41) is 1.20. The van der Waals surface area contributed by atoms with Gasteiger partial charge in [0.25, 0.3) is 0 Å². The zero-order valence-electron chi connectivity index (χ0n) is 9.36. The molecule has 1 unspecified atom stereocenters. The standard InChI is InChI=1S/C11H18N2S2/c1-8-4-3-5-13(6-8)11-12-9(2)10(7-14)15-11/h8,14H,3-7H2,1-2H3. The van der Waals surface area contributed by atoms with Crippen LogP contribution in [-0.4, -0.2) is 18.1 Å². The van der Waals surface area contributed by atoms with Crippen molar-refractivity contribution in [2.24, 2.45) is 5.92 Å². The Kier molecular flexibility index (Phi) is 3.57. The summed E-state index contributed by atoms with van der Waals surface area (Å²) in [5.74, 6) is 1.62. The molecule has 1 aromatic heterocycles. The van der Waals surface area contributed by atoms with Gasteiger partial charge in [-0.25, -0.2) is 4.98 Å². The quantitative estimate of drug-likeness (QED) is 0.802. The number of thiol groups is 1. The van der Waals surface area contributed by atoms with Crippen LogP contribution in [0, 0.1) is 12.8 Å². The Bertz CT molecular complexity index is 335. The average molecular weight is 242 g/mol. The molecular formula is C11H18N2S2. The van der Waals surface area contributed by atoms with Gasteiger partial charge in [-0.2, -0.15) is 12.6 Å². The maximum absolute atomic E-state index is 4.64. The minimum Gasteiger partial charge on any atom is -0.348 e. The van der Waals surface area contributed by atoms with Gasteiger partial charge in [0.1, 0.15) is 0 Å². The van der Waals surface area contributed by atoms with E-state index < -0.39 is 0 Å². The van der Waals surface area contributed by atoms with Gasteiger partial charge < -0.3 is 4.90 Å². The molecule has 1 aromatic rings. The predicted molar refractivity (Wildman–Crippen MR) is 70.2 cm³/mol. The SMILES string of the molecule is Cc1nc(N2CCCC(C)C2)sc1CS. The normalized spacial score (nSPS) is 22.1. The van der Waals surface area contributed by atoms with Gasteiger partial charge >= 0.3 is 0 Å². The fourth-order valence-corrected chi connectivity index (χ4v) is 3.44. The second-order valence-electron chi connectivity index (χ2n) is 4.36.